The van der Waals surface area contributed by atoms with Gasteiger partial charge in [0, 0.05) is 20.2 Å². The van der Waals surface area contributed by atoms with Crippen molar-refractivity contribution in [2.24, 2.45) is 0 Å². The number of alkyl halides is 1. The van der Waals surface area contributed by atoms with E-state index >= 15 is 0 Å². The predicted octanol–water partition coefficient (Wildman–Crippen LogP) is 1.63. The molecular weight excluding hydrogens is 270 g/mol. The van der Waals surface area contributed by atoms with E-state index in [1.54, 1.807) is 12.0 Å². The molecule has 5 nitrogen and oxygen atoms in total. The molecule has 1 amide bonds. The summed E-state index contributed by atoms with van der Waals surface area (Å²) in [6, 6.07) is 5.63. The van der Waals surface area contributed by atoms with Crippen LogP contribution in [0.15, 0.2) is 18.2 Å². The first-order valence-electron chi connectivity index (χ1n) is 5.96. The normalized spacial score (nSPS) is 12.5. The summed E-state index contributed by atoms with van der Waals surface area (Å²) in [4.78, 5) is 13.4. The minimum atomic E-state index is -0.114. The summed E-state index contributed by atoms with van der Waals surface area (Å²) in [5, 5.41) is 0. The Morgan fingerprint density at radius 3 is 2.95 bits per heavy atom. The molecule has 0 aromatic heterocycles. The first-order valence-corrected chi connectivity index (χ1v) is 6.49. The number of ether oxygens (including phenoxy) is 3. The number of methoxy groups -OCH3 is 1. The molecule has 1 aromatic carbocycles. The van der Waals surface area contributed by atoms with Crippen LogP contribution in [0.2, 0.25) is 0 Å². The van der Waals surface area contributed by atoms with Crippen LogP contribution in [-0.4, -0.2) is 43.7 Å². The Morgan fingerprint density at radius 1 is 1.42 bits per heavy atom. The van der Waals surface area contributed by atoms with Crippen LogP contribution < -0.4 is 9.47 Å². The molecule has 1 aliphatic rings. The molecule has 1 aromatic rings. The van der Waals surface area contributed by atoms with Crippen LogP contribution in [0.3, 0.4) is 0 Å². The molecule has 0 N–H and O–H groups in total. The lowest BCUT2D eigenvalue weighted by Gasteiger charge is -2.21. The Morgan fingerprint density at radius 2 is 2.21 bits per heavy atom. The Hall–Kier alpha value is -1.46. The monoisotopic (exact) mass is 285 g/mol. The van der Waals surface area contributed by atoms with Crippen molar-refractivity contribution < 1.29 is 19.0 Å². The van der Waals surface area contributed by atoms with E-state index in [0.717, 1.165) is 11.3 Å². The summed E-state index contributed by atoms with van der Waals surface area (Å²) >= 11 is 5.61. The first kappa shape index (κ1) is 14.0. The molecule has 2 rings (SSSR count). The Bertz CT molecular complexity index is 452. The molecule has 0 bridgehead atoms. The third-order valence-corrected chi connectivity index (χ3v) is 3.07. The van der Waals surface area contributed by atoms with Crippen molar-refractivity contribution in [3.63, 3.8) is 0 Å². The number of amides is 1. The van der Waals surface area contributed by atoms with Gasteiger partial charge in [0.25, 0.3) is 0 Å². The molecule has 0 spiro atoms. The van der Waals surface area contributed by atoms with Crippen LogP contribution >= 0.6 is 11.6 Å². The fraction of sp³-hybridized carbons (Fsp3) is 0.462. The molecule has 0 saturated heterocycles. The molecule has 0 fully saturated rings. The average Bonchev–Trinajstić information content (AvgIpc) is 2.90. The minimum Gasteiger partial charge on any atom is -0.454 e. The van der Waals surface area contributed by atoms with Gasteiger partial charge in [-0.15, -0.1) is 11.6 Å². The van der Waals surface area contributed by atoms with Crippen LogP contribution in [0, 0.1) is 0 Å². The van der Waals surface area contributed by atoms with Gasteiger partial charge in [-0.3, -0.25) is 4.79 Å². The molecule has 19 heavy (non-hydrogen) atoms. The summed E-state index contributed by atoms with van der Waals surface area (Å²) in [5.41, 5.74) is 0.971. The summed E-state index contributed by atoms with van der Waals surface area (Å²) in [5.74, 6) is 1.30. The van der Waals surface area contributed by atoms with E-state index < -0.39 is 0 Å². The number of carbonyl (C=O) groups excluding carboxylic acids is 1. The van der Waals surface area contributed by atoms with Gasteiger partial charge in [0.15, 0.2) is 11.5 Å². The summed E-state index contributed by atoms with van der Waals surface area (Å²) < 4.78 is 15.6. The summed E-state index contributed by atoms with van der Waals surface area (Å²) in [6.45, 7) is 1.71. The zero-order valence-electron chi connectivity index (χ0n) is 10.7. The van der Waals surface area contributed by atoms with Gasteiger partial charge in [-0.2, -0.15) is 0 Å². The highest BCUT2D eigenvalue weighted by molar-refractivity contribution is 6.27. The lowest BCUT2D eigenvalue weighted by molar-refractivity contribution is -0.129. The zero-order chi connectivity index (χ0) is 13.7. The molecule has 6 heteroatoms. The Kier molecular flexibility index (Phi) is 4.87. The minimum absolute atomic E-state index is 0.0335. The lowest BCUT2D eigenvalue weighted by Crippen LogP contribution is -2.34. The van der Waals surface area contributed by atoms with Gasteiger partial charge in [-0.25, -0.2) is 0 Å². The quantitative estimate of drug-likeness (QED) is 0.746. The second-order valence-corrected chi connectivity index (χ2v) is 4.40. The van der Waals surface area contributed by atoms with Crippen LogP contribution in [0.25, 0.3) is 0 Å². The second-order valence-electron chi connectivity index (χ2n) is 4.13. The van der Waals surface area contributed by atoms with E-state index in [1.807, 2.05) is 18.2 Å². The van der Waals surface area contributed by atoms with Crippen molar-refractivity contribution in [1.29, 1.82) is 0 Å². The number of rotatable bonds is 6. The molecule has 0 unspecified atom stereocenters. The van der Waals surface area contributed by atoms with Gasteiger partial charge in [0.05, 0.1) is 6.61 Å². The standard InChI is InChI=1S/C13H16ClNO4/c1-17-5-4-15(13(16)7-14)8-10-2-3-11-12(6-10)19-9-18-11/h2-3,6H,4-5,7-9H2,1H3. The van der Waals surface area contributed by atoms with Crippen molar-refractivity contribution in [1.82, 2.24) is 4.90 Å². The number of hydrogen-bond donors (Lipinski definition) is 0. The molecule has 104 valence electrons. The highest BCUT2D eigenvalue weighted by atomic mass is 35.5. The molecule has 0 aliphatic carbocycles. The maximum absolute atomic E-state index is 11.7. The molecule has 0 saturated carbocycles. The fourth-order valence-corrected chi connectivity index (χ4v) is 2.01. The highest BCUT2D eigenvalue weighted by Gasteiger charge is 2.16. The summed E-state index contributed by atoms with van der Waals surface area (Å²) in [6.07, 6.45) is 0. The van der Waals surface area contributed by atoms with E-state index in [9.17, 15) is 4.79 Å². The predicted molar refractivity (Wildman–Crippen MR) is 70.6 cm³/mol. The SMILES string of the molecule is COCCN(Cc1ccc2c(c1)OCO2)C(=O)CCl. The number of fused-ring (bicyclic) bond motifs is 1. The van der Waals surface area contributed by atoms with Crippen molar-refractivity contribution in [2.45, 2.75) is 6.54 Å². The molecule has 0 radical (unpaired) electrons. The van der Waals surface area contributed by atoms with E-state index in [-0.39, 0.29) is 18.6 Å². The zero-order valence-corrected chi connectivity index (χ0v) is 11.5. The topological polar surface area (TPSA) is 48.0 Å². The van der Waals surface area contributed by atoms with Crippen molar-refractivity contribution in [3.8, 4) is 11.5 Å². The maximum Gasteiger partial charge on any atom is 0.237 e. The van der Waals surface area contributed by atoms with E-state index in [0.29, 0.717) is 25.4 Å². The summed E-state index contributed by atoms with van der Waals surface area (Å²) in [7, 11) is 1.60. The highest BCUT2D eigenvalue weighted by Crippen LogP contribution is 2.32. The molecular formula is C13H16ClNO4. The molecule has 1 aliphatic heterocycles. The Balaban J connectivity index is 2.05. The largest absolute Gasteiger partial charge is 0.454 e. The second kappa shape index (κ2) is 6.63. The number of carbonyl (C=O) groups is 1. The lowest BCUT2D eigenvalue weighted by atomic mass is 10.2. The smallest absolute Gasteiger partial charge is 0.237 e. The maximum atomic E-state index is 11.7. The number of nitrogens with zero attached hydrogens (tertiary/aromatic N) is 1. The van der Waals surface area contributed by atoms with Crippen LogP contribution in [0.1, 0.15) is 5.56 Å². The fourth-order valence-electron chi connectivity index (χ4n) is 1.84. The van der Waals surface area contributed by atoms with Crippen molar-refractivity contribution in [3.05, 3.63) is 23.8 Å². The van der Waals surface area contributed by atoms with Gasteiger partial charge in [0.1, 0.15) is 5.88 Å². The van der Waals surface area contributed by atoms with E-state index in [4.69, 9.17) is 25.8 Å². The Labute approximate surface area is 117 Å². The number of benzene rings is 1. The van der Waals surface area contributed by atoms with Crippen LogP contribution in [0.4, 0.5) is 0 Å². The number of halogens is 1. The number of hydrogen-bond acceptors (Lipinski definition) is 4. The van der Waals surface area contributed by atoms with Gasteiger partial charge >= 0.3 is 0 Å². The van der Waals surface area contributed by atoms with Crippen LogP contribution in [-0.2, 0) is 16.1 Å². The van der Waals surface area contributed by atoms with E-state index in [2.05, 4.69) is 0 Å². The van der Waals surface area contributed by atoms with Crippen LogP contribution in [0.5, 0.6) is 11.5 Å². The van der Waals surface area contributed by atoms with Gasteiger partial charge in [-0.05, 0) is 17.7 Å². The average molecular weight is 286 g/mol. The van der Waals surface area contributed by atoms with Crippen molar-refractivity contribution in [2.75, 3.05) is 32.9 Å². The van der Waals surface area contributed by atoms with Gasteiger partial charge in [-0.1, -0.05) is 6.07 Å². The van der Waals surface area contributed by atoms with Gasteiger partial charge in [0.2, 0.25) is 12.7 Å². The van der Waals surface area contributed by atoms with E-state index in [1.165, 1.54) is 0 Å². The molecule has 0 atom stereocenters. The first-order chi connectivity index (χ1) is 9.24. The third-order valence-electron chi connectivity index (χ3n) is 2.84. The van der Waals surface area contributed by atoms with Gasteiger partial charge < -0.3 is 19.1 Å². The molecule has 1 heterocycles. The van der Waals surface area contributed by atoms with Crippen molar-refractivity contribution >= 4 is 17.5 Å². The third kappa shape index (κ3) is 3.52.